The van der Waals surface area contributed by atoms with Crippen LogP contribution in [0.1, 0.15) is 16.1 Å². The highest BCUT2D eigenvalue weighted by atomic mass is 35.5. The first-order valence-electron chi connectivity index (χ1n) is 8.60. The molecule has 0 bridgehead atoms. The molecule has 158 valence electrons. The van der Waals surface area contributed by atoms with E-state index in [9.17, 15) is 13.2 Å². The van der Waals surface area contributed by atoms with Crippen molar-refractivity contribution < 1.29 is 13.2 Å². The van der Waals surface area contributed by atoms with Crippen molar-refractivity contribution in [1.82, 2.24) is 19.8 Å². The van der Waals surface area contributed by atoms with Gasteiger partial charge in [0, 0.05) is 21.2 Å². The molecule has 30 heavy (non-hydrogen) atoms. The lowest BCUT2D eigenvalue weighted by atomic mass is 10.1. The van der Waals surface area contributed by atoms with Gasteiger partial charge in [-0.25, -0.2) is 13.1 Å². The molecule has 1 heterocycles. The van der Waals surface area contributed by atoms with Gasteiger partial charge in [0.2, 0.25) is 10.0 Å². The number of benzene rings is 2. The lowest BCUT2D eigenvalue weighted by Crippen LogP contribution is -2.37. The van der Waals surface area contributed by atoms with Crippen molar-refractivity contribution in [1.29, 1.82) is 0 Å². The number of hydrogen-bond acceptors (Lipinski definition) is 4. The number of sulfonamides is 1. The number of carbonyl (C=O) groups excluding carboxylic acids is 1. The highest BCUT2D eigenvalue weighted by molar-refractivity contribution is 7.88. The molecular formula is C19H17Cl3N4O3S. The molecule has 1 aromatic heterocycles. The van der Waals surface area contributed by atoms with Crippen LogP contribution in [0.3, 0.4) is 0 Å². The highest BCUT2D eigenvalue weighted by Gasteiger charge is 2.23. The number of nitrogens with one attached hydrogen (secondary N) is 2. The highest BCUT2D eigenvalue weighted by Crippen LogP contribution is 2.33. The first-order valence-corrected chi connectivity index (χ1v) is 11.6. The quantitative estimate of drug-likeness (QED) is 0.513. The number of hydrogen-bond donors (Lipinski definition) is 2. The summed E-state index contributed by atoms with van der Waals surface area (Å²) in [5.74, 6) is -0.539. The summed E-state index contributed by atoms with van der Waals surface area (Å²) in [6, 6.07) is 12.0. The van der Waals surface area contributed by atoms with E-state index in [1.54, 1.807) is 54.1 Å². The summed E-state index contributed by atoms with van der Waals surface area (Å²) in [4.78, 5) is 12.7. The van der Waals surface area contributed by atoms with Crippen molar-refractivity contribution in [2.45, 2.75) is 6.92 Å². The second-order valence-corrected chi connectivity index (χ2v) is 9.55. The van der Waals surface area contributed by atoms with Crippen LogP contribution in [0.2, 0.25) is 15.1 Å². The number of aromatic nitrogens is 2. The van der Waals surface area contributed by atoms with Crippen LogP contribution in [-0.2, 0) is 10.0 Å². The third-order valence-corrected chi connectivity index (χ3v) is 5.63. The maximum atomic E-state index is 12.7. The molecule has 3 rings (SSSR count). The number of carbonyl (C=O) groups is 1. The van der Waals surface area contributed by atoms with E-state index in [1.165, 1.54) is 0 Å². The minimum atomic E-state index is -3.45. The van der Waals surface area contributed by atoms with E-state index < -0.39 is 15.9 Å². The van der Waals surface area contributed by atoms with Crippen LogP contribution in [0.4, 0.5) is 0 Å². The van der Waals surface area contributed by atoms with Gasteiger partial charge in [0.1, 0.15) is 0 Å². The van der Waals surface area contributed by atoms with Crippen LogP contribution in [0.15, 0.2) is 42.5 Å². The van der Waals surface area contributed by atoms with Crippen molar-refractivity contribution in [3.05, 3.63) is 68.8 Å². The Bertz CT molecular complexity index is 1210. The Balaban J connectivity index is 2.09. The molecule has 0 aliphatic heterocycles. The maximum Gasteiger partial charge on any atom is 0.273 e. The lowest BCUT2D eigenvalue weighted by Gasteiger charge is -2.11. The summed E-state index contributed by atoms with van der Waals surface area (Å²) in [7, 11) is -3.45. The average Bonchev–Trinajstić information content (AvgIpc) is 2.98. The Morgan fingerprint density at radius 3 is 2.30 bits per heavy atom. The zero-order chi connectivity index (χ0) is 22.1. The fraction of sp³-hybridized carbons (Fsp3) is 0.158. The monoisotopic (exact) mass is 486 g/mol. The molecular weight excluding hydrogens is 471 g/mol. The van der Waals surface area contributed by atoms with Crippen molar-refractivity contribution >= 4 is 50.7 Å². The van der Waals surface area contributed by atoms with Crippen LogP contribution >= 0.6 is 34.8 Å². The molecule has 0 spiro atoms. The van der Waals surface area contributed by atoms with Gasteiger partial charge in [0.25, 0.3) is 5.91 Å². The van der Waals surface area contributed by atoms with E-state index >= 15 is 0 Å². The predicted octanol–water partition coefficient (Wildman–Crippen LogP) is 4.04. The Morgan fingerprint density at radius 1 is 1.07 bits per heavy atom. The smallest absolute Gasteiger partial charge is 0.273 e. The molecule has 7 nitrogen and oxygen atoms in total. The van der Waals surface area contributed by atoms with Gasteiger partial charge in [-0.3, -0.25) is 4.79 Å². The fourth-order valence-electron chi connectivity index (χ4n) is 2.82. The molecule has 0 saturated carbocycles. The number of halogens is 3. The standard InChI is InChI=1S/C19H17Cl3N4O3S/c1-11-17(19(27)23-10-24-30(2,28)29)25-26(16-8-7-14(21)9-15(16)22)18(11)12-3-5-13(20)6-4-12/h3-9,24H,10H2,1-2H3,(H,23,27). The number of nitrogens with zero attached hydrogens (tertiary/aromatic N) is 2. The zero-order valence-corrected chi connectivity index (χ0v) is 19.0. The van der Waals surface area contributed by atoms with E-state index in [0.717, 1.165) is 11.8 Å². The second kappa shape index (κ2) is 8.95. The van der Waals surface area contributed by atoms with Crippen molar-refractivity contribution in [3.63, 3.8) is 0 Å². The van der Waals surface area contributed by atoms with Crippen molar-refractivity contribution in [2.75, 3.05) is 12.9 Å². The van der Waals surface area contributed by atoms with E-state index in [1.807, 2.05) is 0 Å². The topological polar surface area (TPSA) is 93.1 Å². The summed E-state index contributed by atoms with van der Waals surface area (Å²) in [5.41, 5.74) is 2.64. The molecule has 0 saturated heterocycles. The molecule has 0 radical (unpaired) electrons. The molecule has 0 fully saturated rings. The normalized spacial score (nSPS) is 11.5. The third kappa shape index (κ3) is 5.14. The van der Waals surface area contributed by atoms with Crippen LogP contribution < -0.4 is 10.0 Å². The van der Waals surface area contributed by atoms with Crippen LogP contribution in [-0.4, -0.2) is 37.0 Å². The molecule has 3 aromatic rings. The van der Waals surface area contributed by atoms with Crippen LogP contribution in [0, 0.1) is 6.92 Å². The molecule has 1 amide bonds. The van der Waals surface area contributed by atoms with Gasteiger partial charge in [-0.2, -0.15) is 9.82 Å². The molecule has 0 unspecified atom stereocenters. The van der Waals surface area contributed by atoms with Gasteiger partial charge in [0.05, 0.1) is 29.3 Å². The molecule has 11 heteroatoms. The summed E-state index contributed by atoms with van der Waals surface area (Å²) in [5, 5.41) is 8.33. The maximum absolute atomic E-state index is 12.7. The van der Waals surface area contributed by atoms with Gasteiger partial charge in [-0.1, -0.05) is 46.9 Å². The average molecular weight is 488 g/mol. The van der Waals surface area contributed by atoms with E-state index in [2.05, 4.69) is 15.1 Å². The minimum absolute atomic E-state index is 0.126. The molecule has 2 N–H and O–H groups in total. The summed E-state index contributed by atoms with van der Waals surface area (Å²) in [6.07, 6.45) is 1.00. The van der Waals surface area contributed by atoms with Gasteiger partial charge in [-0.05, 0) is 37.3 Å². The fourth-order valence-corrected chi connectivity index (χ4v) is 3.77. The Kier molecular flexibility index (Phi) is 6.74. The van der Waals surface area contributed by atoms with Crippen LogP contribution in [0.25, 0.3) is 16.9 Å². The minimum Gasteiger partial charge on any atom is -0.337 e. The zero-order valence-electron chi connectivity index (χ0n) is 15.9. The molecule has 2 aromatic carbocycles. The van der Waals surface area contributed by atoms with Crippen molar-refractivity contribution in [2.24, 2.45) is 0 Å². The van der Waals surface area contributed by atoms with E-state index in [4.69, 9.17) is 34.8 Å². The van der Waals surface area contributed by atoms with Gasteiger partial charge < -0.3 is 5.32 Å². The Hall–Kier alpha value is -2.10. The molecule has 0 aliphatic carbocycles. The van der Waals surface area contributed by atoms with E-state index in [0.29, 0.717) is 32.0 Å². The van der Waals surface area contributed by atoms with Crippen molar-refractivity contribution in [3.8, 4) is 16.9 Å². The first-order chi connectivity index (χ1) is 14.1. The second-order valence-electron chi connectivity index (χ2n) is 6.44. The summed E-state index contributed by atoms with van der Waals surface area (Å²) in [6.45, 7) is 1.48. The predicted molar refractivity (Wildman–Crippen MR) is 119 cm³/mol. The summed E-state index contributed by atoms with van der Waals surface area (Å²) < 4.78 is 26.2. The molecule has 0 aliphatic rings. The Labute approximate surface area is 189 Å². The number of rotatable bonds is 6. The lowest BCUT2D eigenvalue weighted by molar-refractivity contribution is 0.0947. The number of amides is 1. The van der Waals surface area contributed by atoms with Gasteiger partial charge >= 0.3 is 0 Å². The van der Waals surface area contributed by atoms with E-state index in [-0.39, 0.29) is 12.4 Å². The van der Waals surface area contributed by atoms with Crippen LogP contribution in [0.5, 0.6) is 0 Å². The van der Waals surface area contributed by atoms with Gasteiger partial charge in [-0.15, -0.1) is 0 Å². The largest absolute Gasteiger partial charge is 0.337 e. The third-order valence-electron chi connectivity index (χ3n) is 4.18. The van der Waals surface area contributed by atoms with Gasteiger partial charge in [0.15, 0.2) is 5.69 Å². The summed E-state index contributed by atoms with van der Waals surface area (Å²) >= 11 is 18.4. The first kappa shape index (κ1) is 22.6. The SMILES string of the molecule is Cc1c(C(=O)NCNS(C)(=O)=O)nn(-c2ccc(Cl)cc2Cl)c1-c1ccc(Cl)cc1. The Morgan fingerprint density at radius 2 is 1.70 bits per heavy atom. The molecule has 0 atom stereocenters.